The smallest absolute Gasteiger partial charge is 0.0844 e. The Kier molecular flexibility index (Phi) is 20.9. The van der Waals surface area contributed by atoms with Crippen LogP contribution in [-0.2, 0) is 4.74 Å². The van der Waals surface area contributed by atoms with Gasteiger partial charge in [0.15, 0.2) is 0 Å². The number of hydrogen-bond acceptors (Lipinski definition) is 1. The van der Waals surface area contributed by atoms with E-state index < -0.39 is 0 Å². The molecule has 0 aliphatic carbocycles. The van der Waals surface area contributed by atoms with E-state index in [1.807, 2.05) is 13.8 Å². The van der Waals surface area contributed by atoms with Crippen LogP contribution in [0.25, 0.3) is 0 Å². The highest BCUT2D eigenvalue weighted by molar-refractivity contribution is 4.51. The molecule has 0 bridgehead atoms. The van der Waals surface area contributed by atoms with Crippen LogP contribution in [0, 0.1) is 0 Å². The van der Waals surface area contributed by atoms with E-state index in [1.54, 1.807) is 6.08 Å². The van der Waals surface area contributed by atoms with Crippen LogP contribution in [0.15, 0.2) is 25.5 Å². The minimum atomic E-state index is 0.726. The van der Waals surface area contributed by atoms with Gasteiger partial charge in [0.05, 0.1) is 12.9 Å². The van der Waals surface area contributed by atoms with Crippen LogP contribution in [-0.4, -0.2) is 6.61 Å². The summed E-state index contributed by atoms with van der Waals surface area (Å²) in [5, 5.41) is 0. The van der Waals surface area contributed by atoms with Crippen molar-refractivity contribution in [3.05, 3.63) is 25.5 Å². The van der Waals surface area contributed by atoms with E-state index in [9.17, 15) is 0 Å². The lowest BCUT2D eigenvalue weighted by atomic mass is 10.8. The number of hydrogen-bond donors (Lipinski definition) is 0. The highest BCUT2D eigenvalue weighted by Crippen LogP contribution is 1.65. The van der Waals surface area contributed by atoms with E-state index >= 15 is 0 Å². The van der Waals surface area contributed by atoms with Gasteiger partial charge >= 0.3 is 0 Å². The fourth-order valence-corrected chi connectivity index (χ4v) is 0.118. The Hall–Kier alpha value is -0.720. The Labute approximate surface area is 51.7 Å². The highest BCUT2D eigenvalue weighted by atomic mass is 16.5. The third-order valence-corrected chi connectivity index (χ3v) is 0.285. The molecule has 0 saturated carbocycles. The summed E-state index contributed by atoms with van der Waals surface area (Å²) < 4.78 is 4.60. The SMILES string of the molecule is C=CC.C=COCC. The average Bonchev–Trinajstić information content (AvgIpc) is 1.71. The number of rotatable bonds is 2. The van der Waals surface area contributed by atoms with Gasteiger partial charge in [0.2, 0.25) is 0 Å². The van der Waals surface area contributed by atoms with Gasteiger partial charge in [-0.3, -0.25) is 0 Å². The largest absolute Gasteiger partial charge is 0.502 e. The van der Waals surface area contributed by atoms with Crippen LogP contribution < -0.4 is 0 Å². The zero-order valence-corrected chi connectivity index (χ0v) is 5.68. The quantitative estimate of drug-likeness (QED) is 0.395. The summed E-state index contributed by atoms with van der Waals surface area (Å²) in [6, 6.07) is 0. The van der Waals surface area contributed by atoms with E-state index in [2.05, 4.69) is 17.9 Å². The van der Waals surface area contributed by atoms with Crippen molar-refractivity contribution in [3.8, 4) is 0 Å². The van der Waals surface area contributed by atoms with Gasteiger partial charge in [-0.25, -0.2) is 0 Å². The van der Waals surface area contributed by atoms with Crippen molar-refractivity contribution in [1.82, 2.24) is 0 Å². The zero-order valence-electron chi connectivity index (χ0n) is 5.68. The Balaban J connectivity index is 0. The molecule has 1 nitrogen and oxygen atoms in total. The molecule has 0 aromatic rings. The topological polar surface area (TPSA) is 9.23 Å². The predicted octanol–water partition coefficient (Wildman–Crippen LogP) is 2.36. The molecule has 0 radical (unpaired) electrons. The van der Waals surface area contributed by atoms with Crippen molar-refractivity contribution < 1.29 is 4.74 Å². The lowest BCUT2D eigenvalue weighted by Gasteiger charge is -1.84. The molecule has 0 rings (SSSR count). The third kappa shape index (κ3) is 59.0. The molecule has 0 fully saturated rings. The van der Waals surface area contributed by atoms with Gasteiger partial charge in [0, 0.05) is 0 Å². The monoisotopic (exact) mass is 114 g/mol. The Morgan fingerprint density at radius 2 is 1.88 bits per heavy atom. The van der Waals surface area contributed by atoms with E-state index in [1.165, 1.54) is 6.26 Å². The number of ether oxygens (including phenoxy) is 1. The molecular weight excluding hydrogens is 100 g/mol. The standard InChI is InChI=1S/C4H8O.C3H6/c1-3-5-4-2;1-3-2/h3H,1,4H2,2H3;3H,1H2,2H3. The Morgan fingerprint density at radius 1 is 1.50 bits per heavy atom. The summed E-state index contributed by atoms with van der Waals surface area (Å²) in [7, 11) is 0. The summed E-state index contributed by atoms with van der Waals surface area (Å²) in [5.41, 5.74) is 0. The van der Waals surface area contributed by atoms with Crippen LogP contribution in [0.2, 0.25) is 0 Å². The van der Waals surface area contributed by atoms with E-state index in [0.717, 1.165) is 6.61 Å². The van der Waals surface area contributed by atoms with Crippen molar-refractivity contribution >= 4 is 0 Å². The first-order chi connectivity index (χ1) is 3.83. The molecule has 0 amide bonds. The van der Waals surface area contributed by atoms with Crippen LogP contribution in [0.1, 0.15) is 13.8 Å². The molecule has 0 aromatic carbocycles. The van der Waals surface area contributed by atoms with Crippen molar-refractivity contribution in [2.45, 2.75) is 13.8 Å². The second-order valence-corrected chi connectivity index (χ2v) is 1.03. The first-order valence-electron chi connectivity index (χ1n) is 2.63. The normalized spacial score (nSPS) is 5.75. The van der Waals surface area contributed by atoms with Gasteiger partial charge in [-0.05, 0) is 13.8 Å². The third-order valence-electron chi connectivity index (χ3n) is 0.285. The van der Waals surface area contributed by atoms with E-state index in [4.69, 9.17) is 0 Å². The van der Waals surface area contributed by atoms with Gasteiger partial charge < -0.3 is 4.74 Å². The minimum Gasteiger partial charge on any atom is -0.502 e. The fraction of sp³-hybridized carbons (Fsp3) is 0.429. The van der Waals surface area contributed by atoms with Crippen LogP contribution >= 0.6 is 0 Å². The van der Waals surface area contributed by atoms with Crippen molar-refractivity contribution in [2.24, 2.45) is 0 Å². The first kappa shape index (κ1) is 10.3. The van der Waals surface area contributed by atoms with Gasteiger partial charge in [-0.2, -0.15) is 0 Å². The zero-order chi connectivity index (χ0) is 6.83. The van der Waals surface area contributed by atoms with Crippen molar-refractivity contribution in [2.75, 3.05) is 6.61 Å². The van der Waals surface area contributed by atoms with E-state index in [-0.39, 0.29) is 0 Å². The molecule has 0 aromatic heterocycles. The summed E-state index contributed by atoms with van der Waals surface area (Å²) in [5.74, 6) is 0. The molecule has 0 heterocycles. The van der Waals surface area contributed by atoms with Crippen molar-refractivity contribution in [3.63, 3.8) is 0 Å². The fourth-order valence-electron chi connectivity index (χ4n) is 0.118. The Bertz CT molecular complexity index is 48.3. The molecule has 0 unspecified atom stereocenters. The minimum absolute atomic E-state index is 0.726. The molecule has 0 aliphatic rings. The molecule has 8 heavy (non-hydrogen) atoms. The van der Waals surface area contributed by atoms with Crippen LogP contribution in [0.4, 0.5) is 0 Å². The predicted molar refractivity (Wildman–Crippen MR) is 37.7 cm³/mol. The molecule has 0 spiro atoms. The highest BCUT2D eigenvalue weighted by Gasteiger charge is 1.55. The molecule has 0 aliphatic heterocycles. The lowest BCUT2D eigenvalue weighted by Crippen LogP contribution is -1.72. The molecule has 0 saturated heterocycles. The van der Waals surface area contributed by atoms with Crippen LogP contribution in [0.3, 0.4) is 0 Å². The van der Waals surface area contributed by atoms with Crippen molar-refractivity contribution in [1.29, 1.82) is 0 Å². The molecule has 0 N–H and O–H groups in total. The maximum atomic E-state index is 4.60. The second kappa shape index (κ2) is 16.3. The lowest BCUT2D eigenvalue weighted by molar-refractivity contribution is 0.270. The molecule has 48 valence electrons. The van der Waals surface area contributed by atoms with Gasteiger partial charge in [-0.1, -0.05) is 12.7 Å². The molecular formula is C7H14O. The maximum Gasteiger partial charge on any atom is 0.0844 e. The first-order valence-corrected chi connectivity index (χ1v) is 2.63. The average molecular weight is 114 g/mol. The Morgan fingerprint density at radius 3 is 1.88 bits per heavy atom. The summed E-state index contributed by atoms with van der Waals surface area (Å²) in [6.45, 7) is 11.2. The van der Waals surface area contributed by atoms with Gasteiger partial charge in [0.25, 0.3) is 0 Å². The molecule has 1 heteroatoms. The van der Waals surface area contributed by atoms with Gasteiger partial charge in [0.1, 0.15) is 0 Å². The maximum absolute atomic E-state index is 4.60. The van der Waals surface area contributed by atoms with E-state index in [0.29, 0.717) is 0 Å². The molecule has 0 atom stereocenters. The summed E-state index contributed by atoms with van der Waals surface area (Å²) >= 11 is 0. The second-order valence-electron chi connectivity index (χ2n) is 1.03. The summed E-state index contributed by atoms with van der Waals surface area (Å²) in [4.78, 5) is 0. The number of allylic oxidation sites excluding steroid dienone is 1. The van der Waals surface area contributed by atoms with Crippen LogP contribution in [0.5, 0.6) is 0 Å². The summed E-state index contributed by atoms with van der Waals surface area (Å²) in [6.07, 6.45) is 3.18. The van der Waals surface area contributed by atoms with Gasteiger partial charge in [-0.15, -0.1) is 6.58 Å².